The fraction of sp³-hybridized carbons (Fsp3) is 0.400. The van der Waals surface area contributed by atoms with Crippen LogP contribution in [0.25, 0.3) is 0 Å². The Morgan fingerprint density at radius 3 is 1.92 bits per heavy atom. The first-order valence-corrected chi connectivity index (χ1v) is 8.21. The maximum atomic E-state index is 9.49. The second-order valence-corrected chi connectivity index (χ2v) is 6.40. The van der Waals surface area contributed by atoms with Crippen molar-refractivity contribution in [3.63, 3.8) is 0 Å². The first-order valence-electron chi connectivity index (χ1n) is 8.21. The Bertz CT molecular complexity index is 695. The first-order chi connectivity index (χ1) is 11.5. The highest BCUT2D eigenvalue weighted by atomic mass is 16.5. The monoisotopic (exact) mass is 328 g/mol. The Morgan fingerprint density at radius 1 is 0.792 bits per heavy atom. The summed E-state index contributed by atoms with van der Waals surface area (Å²) in [5.74, 6) is 2.44. The molecule has 2 aromatic carbocycles. The second kappa shape index (κ2) is 6.73. The molecular formula is C20H24O4. The summed E-state index contributed by atoms with van der Waals surface area (Å²) in [4.78, 5) is 0. The van der Waals surface area contributed by atoms with Crippen LogP contribution in [0, 0.1) is 11.8 Å². The van der Waals surface area contributed by atoms with Crippen LogP contribution < -0.4 is 9.47 Å². The largest absolute Gasteiger partial charge is 0.508 e. The summed E-state index contributed by atoms with van der Waals surface area (Å²) in [5, 5.41) is 9.49. The molecular weight excluding hydrogens is 304 g/mol. The molecule has 4 nitrogen and oxygen atoms in total. The van der Waals surface area contributed by atoms with Gasteiger partial charge in [-0.25, -0.2) is 0 Å². The van der Waals surface area contributed by atoms with Crippen LogP contribution in [0.3, 0.4) is 0 Å². The summed E-state index contributed by atoms with van der Waals surface area (Å²) in [6, 6.07) is 13.2. The molecule has 0 radical (unpaired) electrons. The molecule has 4 heteroatoms. The van der Waals surface area contributed by atoms with E-state index < -0.39 is 0 Å². The van der Waals surface area contributed by atoms with E-state index in [4.69, 9.17) is 14.2 Å². The lowest BCUT2D eigenvalue weighted by Gasteiger charge is -2.18. The van der Waals surface area contributed by atoms with Gasteiger partial charge in [0, 0.05) is 0 Å². The molecule has 4 unspecified atom stereocenters. The number of hydrogen-bond acceptors (Lipinski definition) is 4. The number of phenolic OH excluding ortho intramolecular Hbond substituents is 1. The van der Waals surface area contributed by atoms with Gasteiger partial charge in [-0.3, -0.25) is 0 Å². The molecule has 0 amide bonds. The number of rotatable bonds is 4. The van der Waals surface area contributed by atoms with Gasteiger partial charge in [0.15, 0.2) is 11.5 Å². The van der Waals surface area contributed by atoms with Crippen molar-refractivity contribution in [2.45, 2.75) is 26.1 Å². The summed E-state index contributed by atoms with van der Waals surface area (Å²) in [6.45, 7) is 4.43. The standard InChI is InChI=1S/C20H24O4/c1-12-13(2)20(15-7-10-17(22-3)18(11-15)23-4)24-19(12)14-5-8-16(21)9-6-14/h5-13,19-21H,1-4H3. The molecule has 0 spiro atoms. The quantitative estimate of drug-likeness (QED) is 0.898. The van der Waals surface area contributed by atoms with E-state index in [9.17, 15) is 5.11 Å². The lowest BCUT2D eigenvalue weighted by molar-refractivity contribution is 0.0289. The van der Waals surface area contributed by atoms with Crippen molar-refractivity contribution >= 4 is 0 Å². The number of aromatic hydroxyl groups is 1. The van der Waals surface area contributed by atoms with Gasteiger partial charge < -0.3 is 19.3 Å². The number of methoxy groups -OCH3 is 2. The highest BCUT2D eigenvalue weighted by Gasteiger charge is 2.40. The van der Waals surface area contributed by atoms with Gasteiger partial charge in [-0.2, -0.15) is 0 Å². The smallest absolute Gasteiger partial charge is 0.161 e. The Labute approximate surface area is 143 Å². The van der Waals surface area contributed by atoms with Crippen molar-refractivity contribution in [1.82, 2.24) is 0 Å². The van der Waals surface area contributed by atoms with Gasteiger partial charge in [0.1, 0.15) is 5.75 Å². The normalized spacial score (nSPS) is 26.3. The lowest BCUT2D eigenvalue weighted by atomic mass is 9.85. The number of phenols is 1. The van der Waals surface area contributed by atoms with E-state index in [-0.39, 0.29) is 18.0 Å². The summed E-state index contributed by atoms with van der Waals surface area (Å²) in [5.41, 5.74) is 2.18. The molecule has 1 saturated heterocycles. The van der Waals surface area contributed by atoms with Gasteiger partial charge in [0.2, 0.25) is 0 Å². The van der Waals surface area contributed by atoms with E-state index in [1.54, 1.807) is 26.4 Å². The average Bonchev–Trinajstić information content (AvgIpc) is 2.90. The molecule has 0 saturated carbocycles. The summed E-state index contributed by atoms with van der Waals surface area (Å²) >= 11 is 0. The van der Waals surface area contributed by atoms with Crippen molar-refractivity contribution in [2.75, 3.05) is 14.2 Å². The van der Waals surface area contributed by atoms with Crippen LogP contribution in [0.1, 0.15) is 37.2 Å². The van der Waals surface area contributed by atoms with Gasteiger partial charge in [0.05, 0.1) is 26.4 Å². The van der Waals surface area contributed by atoms with E-state index in [1.807, 2.05) is 30.3 Å². The van der Waals surface area contributed by atoms with Crippen LogP contribution in [0.5, 0.6) is 17.2 Å². The Hall–Kier alpha value is -2.20. The summed E-state index contributed by atoms with van der Waals surface area (Å²) in [7, 11) is 3.28. The predicted molar refractivity (Wildman–Crippen MR) is 92.5 cm³/mol. The number of hydrogen-bond donors (Lipinski definition) is 1. The maximum Gasteiger partial charge on any atom is 0.161 e. The summed E-state index contributed by atoms with van der Waals surface area (Å²) in [6.07, 6.45) is 0.0114. The van der Waals surface area contributed by atoms with Gasteiger partial charge in [-0.1, -0.05) is 32.0 Å². The van der Waals surface area contributed by atoms with E-state index >= 15 is 0 Å². The van der Waals surface area contributed by atoms with Crippen LogP contribution in [-0.4, -0.2) is 19.3 Å². The molecule has 0 aliphatic carbocycles. The highest BCUT2D eigenvalue weighted by Crippen LogP contribution is 2.49. The molecule has 1 N–H and O–H groups in total. The van der Waals surface area contributed by atoms with Crippen molar-refractivity contribution < 1.29 is 19.3 Å². The molecule has 24 heavy (non-hydrogen) atoms. The third-order valence-corrected chi connectivity index (χ3v) is 5.04. The third-order valence-electron chi connectivity index (χ3n) is 5.04. The minimum absolute atomic E-state index is 0.00129. The van der Waals surface area contributed by atoms with Crippen LogP contribution in [0.15, 0.2) is 42.5 Å². The maximum absolute atomic E-state index is 9.49. The van der Waals surface area contributed by atoms with Crippen molar-refractivity contribution in [3.8, 4) is 17.2 Å². The molecule has 128 valence electrons. The zero-order chi connectivity index (χ0) is 17.3. The fourth-order valence-corrected chi connectivity index (χ4v) is 3.42. The molecule has 4 atom stereocenters. The van der Waals surface area contributed by atoms with Gasteiger partial charge in [0.25, 0.3) is 0 Å². The molecule has 1 aliphatic rings. The Kier molecular flexibility index (Phi) is 4.67. The van der Waals surface area contributed by atoms with Crippen LogP contribution in [-0.2, 0) is 4.74 Å². The molecule has 1 fully saturated rings. The third kappa shape index (κ3) is 2.94. The molecule has 1 heterocycles. The van der Waals surface area contributed by atoms with Crippen LogP contribution in [0.4, 0.5) is 0 Å². The Balaban J connectivity index is 1.88. The molecule has 0 bridgehead atoms. The van der Waals surface area contributed by atoms with E-state index in [2.05, 4.69) is 13.8 Å². The van der Waals surface area contributed by atoms with Crippen molar-refractivity contribution in [2.24, 2.45) is 11.8 Å². The highest BCUT2D eigenvalue weighted by molar-refractivity contribution is 5.44. The Morgan fingerprint density at radius 2 is 1.33 bits per heavy atom. The molecule has 1 aliphatic heterocycles. The molecule has 0 aromatic heterocycles. The van der Waals surface area contributed by atoms with E-state index in [1.165, 1.54) is 0 Å². The minimum atomic E-state index is -0.00129. The SMILES string of the molecule is COc1ccc(C2OC(c3ccc(O)cc3)C(C)C2C)cc1OC. The van der Waals surface area contributed by atoms with Gasteiger partial charge >= 0.3 is 0 Å². The number of benzene rings is 2. The zero-order valence-electron chi connectivity index (χ0n) is 14.5. The van der Waals surface area contributed by atoms with Crippen LogP contribution >= 0.6 is 0 Å². The minimum Gasteiger partial charge on any atom is -0.508 e. The van der Waals surface area contributed by atoms with Gasteiger partial charge in [-0.15, -0.1) is 0 Å². The van der Waals surface area contributed by atoms with Crippen molar-refractivity contribution in [1.29, 1.82) is 0 Å². The second-order valence-electron chi connectivity index (χ2n) is 6.40. The average molecular weight is 328 g/mol. The molecule has 2 aromatic rings. The topological polar surface area (TPSA) is 47.9 Å². The summed E-state index contributed by atoms with van der Waals surface area (Å²) < 4.78 is 17.1. The van der Waals surface area contributed by atoms with E-state index in [0.717, 1.165) is 16.9 Å². The van der Waals surface area contributed by atoms with Crippen molar-refractivity contribution in [3.05, 3.63) is 53.6 Å². The van der Waals surface area contributed by atoms with Gasteiger partial charge in [-0.05, 0) is 47.2 Å². The molecule has 3 rings (SSSR count). The lowest BCUT2D eigenvalue weighted by Crippen LogP contribution is -2.10. The predicted octanol–water partition coefficient (Wildman–Crippen LogP) is 4.49. The zero-order valence-corrected chi connectivity index (χ0v) is 14.5. The fourth-order valence-electron chi connectivity index (χ4n) is 3.42. The van der Waals surface area contributed by atoms with E-state index in [0.29, 0.717) is 17.6 Å². The van der Waals surface area contributed by atoms with Crippen LogP contribution in [0.2, 0.25) is 0 Å². The first kappa shape index (κ1) is 16.7. The number of ether oxygens (including phenoxy) is 3.